The summed E-state index contributed by atoms with van der Waals surface area (Å²) in [6.07, 6.45) is -1.23. The molecule has 0 aliphatic heterocycles. The Kier molecular flexibility index (Phi) is 2.81. The highest BCUT2D eigenvalue weighted by Crippen LogP contribution is 2.30. The molecule has 2 N–H and O–H groups in total. The second kappa shape index (κ2) is 4.52. The van der Waals surface area contributed by atoms with Gasteiger partial charge in [-0.05, 0) is 30.3 Å². The molecule has 102 valence electrons. The minimum Gasteiger partial charge on any atom is -0.346 e. The quantitative estimate of drug-likeness (QED) is 0.751. The summed E-state index contributed by atoms with van der Waals surface area (Å²) in [5.41, 5.74) is 0.506. The van der Waals surface area contributed by atoms with Gasteiger partial charge in [0.1, 0.15) is 17.8 Å². The van der Waals surface area contributed by atoms with Gasteiger partial charge in [0, 0.05) is 11.9 Å². The van der Waals surface area contributed by atoms with Gasteiger partial charge in [-0.1, -0.05) is 0 Å². The van der Waals surface area contributed by atoms with Crippen molar-refractivity contribution in [2.75, 3.05) is 5.32 Å². The number of hydrogen-bond donors (Lipinski definition) is 2. The Morgan fingerprint density at radius 3 is 2.45 bits per heavy atom. The van der Waals surface area contributed by atoms with Crippen LogP contribution in [0.4, 0.5) is 24.7 Å². The third kappa shape index (κ3) is 2.29. The van der Waals surface area contributed by atoms with Crippen molar-refractivity contribution in [1.82, 2.24) is 15.0 Å². The van der Waals surface area contributed by atoms with Crippen LogP contribution in [0.15, 0.2) is 42.9 Å². The number of hydrogen-bond acceptors (Lipinski definition) is 3. The molecule has 3 aromatic rings. The fourth-order valence-corrected chi connectivity index (χ4v) is 1.85. The smallest absolute Gasteiger partial charge is 0.346 e. The van der Waals surface area contributed by atoms with E-state index in [-0.39, 0.29) is 0 Å². The van der Waals surface area contributed by atoms with Crippen molar-refractivity contribution in [2.45, 2.75) is 6.18 Å². The first-order valence-corrected chi connectivity index (χ1v) is 5.76. The van der Waals surface area contributed by atoms with E-state index < -0.39 is 11.7 Å². The average Bonchev–Trinajstić information content (AvgIpc) is 2.88. The van der Waals surface area contributed by atoms with Gasteiger partial charge in [0.05, 0.1) is 10.9 Å². The number of fused-ring (bicyclic) bond motifs is 1. The first kappa shape index (κ1) is 12.5. The zero-order chi connectivity index (χ0) is 14.2. The lowest BCUT2D eigenvalue weighted by Gasteiger charge is -2.09. The lowest BCUT2D eigenvalue weighted by atomic mass is 10.2. The Morgan fingerprint density at radius 1 is 1.00 bits per heavy atom. The van der Waals surface area contributed by atoms with E-state index in [4.69, 9.17) is 0 Å². The van der Waals surface area contributed by atoms with Gasteiger partial charge in [0.25, 0.3) is 0 Å². The van der Waals surface area contributed by atoms with Gasteiger partial charge in [-0.15, -0.1) is 0 Å². The van der Waals surface area contributed by atoms with Crippen LogP contribution in [0, 0.1) is 0 Å². The number of anilines is 2. The van der Waals surface area contributed by atoms with Crippen LogP contribution >= 0.6 is 0 Å². The van der Waals surface area contributed by atoms with Gasteiger partial charge < -0.3 is 10.3 Å². The molecule has 0 fully saturated rings. The van der Waals surface area contributed by atoms with Crippen molar-refractivity contribution in [3.8, 4) is 0 Å². The van der Waals surface area contributed by atoms with Crippen LogP contribution in [0.25, 0.3) is 11.0 Å². The summed E-state index contributed by atoms with van der Waals surface area (Å²) in [6.45, 7) is 0. The van der Waals surface area contributed by atoms with Crippen molar-refractivity contribution < 1.29 is 13.2 Å². The van der Waals surface area contributed by atoms with Crippen molar-refractivity contribution in [3.63, 3.8) is 0 Å². The van der Waals surface area contributed by atoms with Gasteiger partial charge in [0.15, 0.2) is 0 Å². The van der Waals surface area contributed by atoms with Crippen LogP contribution in [0.5, 0.6) is 0 Å². The SMILES string of the molecule is FC(F)(F)c1ccc(Nc2ncnc3[nH]ccc23)cc1. The Morgan fingerprint density at radius 2 is 1.75 bits per heavy atom. The lowest BCUT2D eigenvalue weighted by Crippen LogP contribution is -2.04. The molecule has 4 nitrogen and oxygen atoms in total. The molecule has 1 aromatic carbocycles. The van der Waals surface area contributed by atoms with Gasteiger partial charge in [-0.2, -0.15) is 13.2 Å². The van der Waals surface area contributed by atoms with Crippen molar-refractivity contribution >= 4 is 22.5 Å². The van der Waals surface area contributed by atoms with Crippen LogP contribution in [0.2, 0.25) is 0 Å². The number of benzene rings is 1. The van der Waals surface area contributed by atoms with Crippen molar-refractivity contribution in [3.05, 3.63) is 48.4 Å². The molecule has 0 saturated carbocycles. The first-order chi connectivity index (χ1) is 9.54. The zero-order valence-electron chi connectivity index (χ0n) is 10.1. The van der Waals surface area contributed by atoms with E-state index in [0.717, 1.165) is 17.5 Å². The van der Waals surface area contributed by atoms with Gasteiger partial charge in [-0.3, -0.25) is 0 Å². The molecule has 2 heterocycles. The number of aromatic amines is 1. The van der Waals surface area contributed by atoms with Crippen molar-refractivity contribution in [2.24, 2.45) is 0 Å². The molecule has 0 amide bonds. The maximum atomic E-state index is 12.5. The molecule has 2 aromatic heterocycles. The normalized spacial score (nSPS) is 11.8. The van der Waals surface area contributed by atoms with E-state index in [1.807, 2.05) is 0 Å². The molecule has 0 saturated heterocycles. The molecule has 0 bridgehead atoms. The minimum absolute atomic E-state index is 0.527. The van der Waals surface area contributed by atoms with Crippen molar-refractivity contribution in [1.29, 1.82) is 0 Å². The Balaban J connectivity index is 1.90. The fraction of sp³-hybridized carbons (Fsp3) is 0.0769. The largest absolute Gasteiger partial charge is 0.416 e. The molecule has 20 heavy (non-hydrogen) atoms. The summed E-state index contributed by atoms with van der Waals surface area (Å²) in [5.74, 6) is 0.538. The highest BCUT2D eigenvalue weighted by atomic mass is 19.4. The maximum absolute atomic E-state index is 12.5. The Hall–Kier alpha value is -2.57. The van der Waals surface area contributed by atoms with E-state index in [2.05, 4.69) is 20.3 Å². The topological polar surface area (TPSA) is 53.6 Å². The zero-order valence-corrected chi connectivity index (χ0v) is 10.1. The van der Waals surface area contributed by atoms with Gasteiger partial charge in [0.2, 0.25) is 0 Å². The molecule has 0 aliphatic carbocycles. The molecule has 3 rings (SSSR count). The van der Waals surface area contributed by atoms with E-state index in [1.54, 1.807) is 12.3 Å². The average molecular weight is 278 g/mol. The second-order valence-electron chi connectivity index (χ2n) is 4.16. The van der Waals surface area contributed by atoms with Gasteiger partial charge >= 0.3 is 6.18 Å². The summed E-state index contributed by atoms with van der Waals surface area (Å²) >= 11 is 0. The molecule has 7 heteroatoms. The number of nitrogens with one attached hydrogen (secondary N) is 2. The maximum Gasteiger partial charge on any atom is 0.416 e. The highest BCUT2D eigenvalue weighted by Gasteiger charge is 2.29. The lowest BCUT2D eigenvalue weighted by molar-refractivity contribution is -0.137. The van der Waals surface area contributed by atoms with E-state index in [1.165, 1.54) is 18.5 Å². The summed E-state index contributed by atoms with van der Waals surface area (Å²) in [6, 6.07) is 6.57. The van der Waals surface area contributed by atoms with Crippen LogP contribution in [0.3, 0.4) is 0 Å². The molecule has 0 spiro atoms. The van der Waals surface area contributed by atoms with Crippen LogP contribution < -0.4 is 5.32 Å². The number of halogens is 3. The van der Waals surface area contributed by atoms with Crippen LogP contribution in [0.1, 0.15) is 5.56 Å². The first-order valence-electron chi connectivity index (χ1n) is 5.76. The second-order valence-corrected chi connectivity index (χ2v) is 4.16. The number of alkyl halides is 3. The molecule has 0 aliphatic rings. The molecule has 0 radical (unpaired) electrons. The van der Waals surface area contributed by atoms with E-state index >= 15 is 0 Å². The summed E-state index contributed by atoms with van der Waals surface area (Å²) < 4.78 is 37.4. The highest BCUT2D eigenvalue weighted by molar-refractivity contribution is 5.88. The van der Waals surface area contributed by atoms with E-state index in [9.17, 15) is 13.2 Å². The summed E-state index contributed by atoms with van der Waals surface area (Å²) in [4.78, 5) is 11.1. The Labute approximate surface area is 111 Å². The number of aromatic nitrogens is 3. The van der Waals surface area contributed by atoms with Crippen LogP contribution in [-0.4, -0.2) is 15.0 Å². The third-order valence-corrected chi connectivity index (χ3v) is 2.83. The monoisotopic (exact) mass is 278 g/mol. The molecule has 0 unspecified atom stereocenters. The number of rotatable bonds is 2. The van der Waals surface area contributed by atoms with Gasteiger partial charge in [-0.25, -0.2) is 9.97 Å². The van der Waals surface area contributed by atoms with Crippen LogP contribution in [-0.2, 0) is 6.18 Å². The Bertz CT molecular complexity index is 731. The third-order valence-electron chi connectivity index (χ3n) is 2.83. The fourth-order valence-electron chi connectivity index (χ4n) is 1.85. The molecular weight excluding hydrogens is 269 g/mol. The summed E-state index contributed by atoms with van der Waals surface area (Å²) in [5, 5.41) is 3.74. The number of nitrogens with zero attached hydrogens (tertiary/aromatic N) is 2. The molecule has 0 atom stereocenters. The molecular formula is C13H9F3N4. The predicted molar refractivity (Wildman–Crippen MR) is 68.6 cm³/mol. The number of H-pyrrole nitrogens is 1. The minimum atomic E-state index is -4.33. The standard InChI is InChI=1S/C13H9F3N4/c14-13(15,16)8-1-3-9(4-2-8)20-12-10-5-6-17-11(10)18-7-19-12/h1-7H,(H2,17,18,19,20). The predicted octanol–water partition coefficient (Wildman–Crippen LogP) is 3.72. The summed E-state index contributed by atoms with van der Waals surface area (Å²) in [7, 11) is 0. The van der Waals surface area contributed by atoms with E-state index in [0.29, 0.717) is 17.2 Å².